The third kappa shape index (κ3) is 2.19. The molecule has 16 heavy (non-hydrogen) atoms. The van der Waals surface area contributed by atoms with E-state index in [2.05, 4.69) is 10.6 Å². The molecule has 0 spiro atoms. The summed E-state index contributed by atoms with van der Waals surface area (Å²) in [6, 6.07) is 2.54. The summed E-state index contributed by atoms with van der Waals surface area (Å²) in [5.41, 5.74) is 0. The van der Waals surface area contributed by atoms with Gasteiger partial charge in [0.05, 0.1) is 6.07 Å². The number of rotatable bonds is 3. The van der Waals surface area contributed by atoms with Crippen LogP contribution in [0.4, 0.5) is 5.88 Å². The molecule has 7 nitrogen and oxygen atoms in total. The predicted octanol–water partition coefficient (Wildman–Crippen LogP) is 0.280. The van der Waals surface area contributed by atoms with Gasteiger partial charge in [0.15, 0.2) is 5.76 Å². The van der Waals surface area contributed by atoms with E-state index in [0.717, 1.165) is 13.0 Å². The van der Waals surface area contributed by atoms with Crippen molar-refractivity contribution >= 4 is 11.8 Å². The molecule has 0 aliphatic carbocycles. The van der Waals surface area contributed by atoms with E-state index in [1.165, 1.54) is 12.1 Å². The first-order valence-corrected chi connectivity index (χ1v) is 4.92. The van der Waals surface area contributed by atoms with Crippen LogP contribution < -0.4 is 10.6 Å². The molecular formula is C9H11N3O4. The van der Waals surface area contributed by atoms with Crippen LogP contribution in [0, 0.1) is 10.1 Å². The Labute approximate surface area is 91.0 Å². The zero-order chi connectivity index (χ0) is 11.5. The molecular weight excluding hydrogens is 214 g/mol. The Balaban J connectivity index is 1.99. The van der Waals surface area contributed by atoms with E-state index in [1.54, 1.807) is 0 Å². The Morgan fingerprint density at radius 2 is 2.44 bits per heavy atom. The van der Waals surface area contributed by atoms with Crippen LogP contribution in [0.5, 0.6) is 0 Å². The Hall–Kier alpha value is -1.89. The number of carbonyl (C=O) groups excluding carboxylic acids is 1. The van der Waals surface area contributed by atoms with E-state index in [9.17, 15) is 14.9 Å². The lowest BCUT2D eigenvalue weighted by molar-refractivity contribution is -0.402. The first-order valence-electron chi connectivity index (χ1n) is 4.92. The van der Waals surface area contributed by atoms with Crippen LogP contribution in [0.25, 0.3) is 0 Å². The molecule has 7 heteroatoms. The zero-order valence-corrected chi connectivity index (χ0v) is 8.43. The molecule has 2 N–H and O–H groups in total. The molecule has 86 valence electrons. The molecule has 1 aromatic heterocycles. The van der Waals surface area contributed by atoms with Gasteiger partial charge in [-0.05, 0) is 19.0 Å². The highest BCUT2D eigenvalue weighted by Crippen LogP contribution is 2.15. The summed E-state index contributed by atoms with van der Waals surface area (Å²) in [7, 11) is 0. The summed E-state index contributed by atoms with van der Waals surface area (Å²) in [4.78, 5) is 21.3. The van der Waals surface area contributed by atoms with Gasteiger partial charge in [0.25, 0.3) is 5.91 Å². The monoisotopic (exact) mass is 225 g/mol. The first-order chi connectivity index (χ1) is 7.66. The molecule has 1 aliphatic rings. The molecule has 1 aromatic rings. The molecule has 0 aromatic carbocycles. The van der Waals surface area contributed by atoms with Crippen molar-refractivity contribution in [3.05, 3.63) is 28.0 Å². The maximum Gasteiger partial charge on any atom is 0.433 e. The maximum absolute atomic E-state index is 11.6. The van der Waals surface area contributed by atoms with Crippen LogP contribution in [0.15, 0.2) is 16.5 Å². The van der Waals surface area contributed by atoms with Crippen molar-refractivity contribution in [2.45, 2.75) is 12.5 Å². The lowest BCUT2D eigenvalue weighted by atomic mass is 10.2. The standard InChI is InChI=1S/C9H11N3O4/c13-9(11-6-3-4-10-5-6)7-1-2-8(16-7)12(14)15/h1-2,6,10H,3-5H2,(H,11,13)/t6-/m1/s1. The van der Waals surface area contributed by atoms with E-state index in [1.807, 2.05) is 0 Å². The summed E-state index contributed by atoms with van der Waals surface area (Å²) < 4.78 is 4.79. The van der Waals surface area contributed by atoms with E-state index in [4.69, 9.17) is 4.42 Å². The van der Waals surface area contributed by atoms with Crippen molar-refractivity contribution in [3.8, 4) is 0 Å². The molecule has 0 unspecified atom stereocenters. The van der Waals surface area contributed by atoms with E-state index in [-0.39, 0.29) is 11.8 Å². The SMILES string of the molecule is O=C(N[C@@H]1CCNC1)c1ccc([N+](=O)[O-])o1. The average Bonchev–Trinajstić information content (AvgIpc) is 2.86. The minimum atomic E-state index is -0.673. The fourth-order valence-electron chi connectivity index (χ4n) is 1.58. The maximum atomic E-state index is 11.6. The van der Waals surface area contributed by atoms with Crippen molar-refractivity contribution in [1.82, 2.24) is 10.6 Å². The van der Waals surface area contributed by atoms with Gasteiger partial charge in [0.1, 0.15) is 4.92 Å². The highest BCUT2D eigenvalue weighted by molar-refractivity contribution is 5.91. The van der Waals surface area contributed by atoms with Crippen molar-refractivity contribution in [2.24, 2.45) is 0 Å². The van der Waals surface area contributed by atoms with Crippen LogP contribution in [-0.4, -0.2) is 30.0 Å². The van der Waals surface area contributed by atoms with E-state index in [0.29, 0.717) is 6.54 Å². The molecule has 1 saturated heterocycles. The summed E-state index contributed by atoms with van der Waals surface area (Å²) in [6.45, 7) is 1.58. The summed E-state index contributed by atoms with van der Waals surface area (Å²) >= 11 is 0. The number of nitro groups is 1. The number of carbonyl (C=O) groups is 1. The summed E-state index contributed by atoms with van der Waals surface area (Å²) in [6.07, 6.45) is 0.856. The average molecular weight is 225 g/mol. The van der Waals surface area contributed by atoms with Crippen molar-refractivity contribution in [3.63, 3.8) is 0 Å². The van der Waals surface area contributed by atoms with Crippen molar-refractivity contribution < 1.29 is 14.1 Å². The molecule has 1 fully saturated rings. The summed E-state index contributed by atoms with van der Waals surface area (Å²) in [5, 5.41) is 16.2. The Morgan fingerprint density at radius 3 is 3.00 bits per heavy atom. The van der Waals surface area contributed by atoms with Gasteiger partial charge in [-0.15, -0.1) is 0 Å². The largest absolute Gasteiger partial charge is 0.433 e. The smallest absolute Gasteiger partial charge is 0.395 e. The topological polar surface area (TPSA) is 97.4 Å². The Bertz CT molecular complexity index is 409. The minimum Gasteiger partial charge on any atom is -0.395 e. The van der Waals surface area contributed by atoms with Gasteiger partial charge in [0.2, 0.25) is 0 Å². The second-order valence-corrected chi connectivity index (χ2v) is 3.56. The van der Waals surface area contributed by atoms with E-state index < -0.39 is 16.7 Å². The lowest BCUT2D eigenvalue weighted by Crippen LogP contribution is -2.35. The second-order valence-electron chi connectivity index (χ2n) is 3.56. The van der Waals surface area contributed by atoms with Crippen LogP contribution in [-0.2, 0) is 0 Å². The van der Waals surface area contributed by atoms with Crippen LogP contribution in [0.3, 0.4) is 0 Å². The number of nitrogens with zero attached hydrogens (tertiary/aromatic N) is 1. The number of hydrogen-bond acceptors (Lipinski definition) is 5. The van der Waals surface area contributed by atoms with E-state index >= 15 is 0 Å². The molecule has 0 radical (unpaired) electrons. The number of furan rings is 1. The van der Waals surface area contributed by atoms with Gasteiger partial charge in [-0.3, -0.25) is 14.9 Å². The van der Waals surface area contributed by atoms with Gasteiger partial charge >= 0.3 is 5.88 Å². The van der Waals surface area contributed by atoms with Gasteiger partial charge in [-0.25, -0.2) is 0 Å². The number of hydrogen-bond donors (Lipinski definition) is 2. The Morgan fingerprint density at radius 1 is 1.62 bits per heavy atom. The fourth-order valence-corrected chi connectivity index (χ4v) is 1.58. The predicted molar refractivity (Wildman–Crippen MR) is 54.1 cm³/mol. The van der Waals surface area contributed by atoms with Crippen LogP contribution >= 0.6 is 0 Å². The molecule has 1 amide bonds. The highest BCUT2D eigenvalue weighted by atomic mass is 16.6. The number of nitrogens with one attached hydrogen (secondary N) is 2. The molecule has 2 heterocycles. The lowest BCUT2D eigenvalue weighted by Gasteiger charge is -2.08. The van der Waals surface area contributed by atoms with Gasteiger partial charge < -0.3 is 15.1 Å². The van der Waals surface area contributed by atoms with Crippen molar-refractivity contribution in [1.29, 1.82) is 0 Å². The zero-order valence-electron chi connectivity index (χ0n) is 8.43. The molecule has 0 saturated carbocycles. The normalized spacial score (nSPS) is 19.6. The third-order valence-electron chi connectivity index (χ3n) is 2.39. The number of amides is 1. The van der Waals surface area contributed by atoms with Gasteiger partial charge in [-0.1, -0.05) is 0 Å². The third-order valence-corrected chi connectivity index (χ3v) is 2.39. The van der Waals surface area contributed by atoms with Crippen LogP contribution in [0.2, 0.25) is 0 Å². The quantitative estimate of drug-likeness (QED) is 0.568. The van der Waals surface area contributed by atoms with Crippen LogP contribution in [0.1, 0.15) is 17.0 Å². The molecule has 1 aliphatic heterocycles. The highest BCUT2D eigenvalue weighted by Gasteiger charge is 2.21. The second kappa shape index (κ2) is 4.31. The fraction of sp³-hybridized carbons (Fsp3) is 0.444. The van der Waals surface area contributed by atoms with Gasteiger partial charge in [-0.2, -0.15) is 0 Å². The molecule has 2 rings (SSSR count). The minimum absolute atomic E-state index is 0.0291. The molecule has 0 bridgehead atoms. The molecule has 1 atom stereocenters. The summed E-state index contributed by atoms with van der Waals surface area (Å²) in [5.74, 6) is -0.866. The van der Waals surface area contributed by atoms with Gasteiger partial charge in [0, 0.05) is 12.6 Å². The Kier molecular flexibility index (Phi) is 2.86. The first kappa shape index (κ1) is 10.6. The van der Waals surface area contributed by atoms with Crippen molar-refractivity contribution in [2.75, 3.05) is 13.1 Å².